The number of aldehydes is 1. The van der Waals surface area contributed by atoms with Crippen molar-refractivity contribution in [2.75, 3.05) is 0 Å². The SMILES string of the molecule is O=CC1=C[N]C=N1. The van der Waals surface area contributed by atoms with E-state index < -0.39 is 0 Å². The van der Waals surface area contributed by atoms with Crippen LogP contribution in [0.25, 0.3) is 0 Å². The molecule has 35 valence electrons. The number of hydrogen-bond acceptors (Lipinski definition) is 2. The topological polar surface area (TPSA) is 43.5 Å². The minimum absolute atomic E-state index is 0.389. The van der Waals surface area contributed by atoms with Crippen LogP contribution in [0.3, 0.4) is 0 Å². The van der Waals surface area contributed by atoms with E-state index in [0.717, 1.165) is 0 Å². The summed E-state index contributed by atoms with van der Waals surface area (Å²) in [6, 6.07) is 0. The minimum atomic E-state index is 0.389. The van der Waals surface area contributed by atoms with Crippen LogP contribution in [-0.2, 0) is 4.79 Å². The lowest BCUT2D eigenvalue weighted by molar-refractivity contribution is -0.104. The van der Waals surface area contributed by atoms with Crippen molar-refractivity contribution in [3.05, 3.63) is 11.9 Å². The summed E-state index contributed by atoms with van der Waals surface area (Å²) in [6.45, 7) is 0. The second-order valence-corrected chi connectivity index (χ2v) is 1.07. The van der Waals surface area contributed by atoms with Gasteiger partial charge in [-0.25, -0.2) is 10.3 Å². The van der Waals surface area contributed by atoms with E-state index in [1.807, 2.05) is 0 Å². The fourth-order valence-corrected chi connectivity index (χ4v) is 0.304. The van der Waals surface area contributed by atoms with Gasteiger partial charge < -0.3 is 0 Å². The molecule has 3 heteroatoms. The molecule has 0 saturated carbocycles. The molecule has 0 bridgehead atoms. The highest BCUT2D eigenvalue weighted by atomic mass is 16.1. The van der Waals surface area contributed by atoms with E-state index in [0.29, 0.717) is 12.0 Å². The van der Waals surface area contributed by atoms with E-state index in [9.17, 15) is 4.79 Å². The minimum Gasteiger partial charge on any atom is -0.296 e. The summed E-state index contributed by atoms with van der Waals surface area (Å²) in [5.41, 5.74) is 0.389. The highest BCUT2D eigenvalue weighted by Gasteiger charge is 1.93. The molecule has 0 amide bonds. The molecule has 0 aromatic heterocycles. The monoisotopic (exact) mass is 95.0 g/mol. The third-order valence-corrected chi connectivity index (χ3v) is 0.601. The van der Waals surface area contributed by atoms with Gasteiger partial charge in [0.2, 0.25) is 0 Å². The average Bonchev–Trinajstić information content (AvgIpc) is 2.14. The van der Waals surface area contributed by atoms with E-state index in [-0.39, 0.29) is 0 Å². The molecule has 0 unspecified atom stereocenters. The summed E-state index contributed by atoms with van der Waals surface area (Å²) in [5.74, 6) is 0. The molecule has 7 heavy (non-hydrogen) atoms. The Kier molecular flexibility index (Phi) is 0.898. The van der Waals surface area contributed by atoms with Crippen LogP contribution >= 0.6 is 0 Å². The Bertz CT molecular complexity index is 137. The van der Waals surface area contributed by atoms with Gasteiger partial charge in [-0.3, -0.25) is 4.79 Å². The first-order chi connectivity index (χ1) is 3.43. The van der Waals surface area contributed by atoms with Gasteiger partial charge in [0, 0.05) is 0 Å². The van der Waals surface area contributed by atoms with Crippen LogP contribution in [0.15, 0.2) is 16.9 Å². The zero-order valence-electron chi connectivity index (χ0n) is 3.53. The first-order valence-corrected chi connectivity index (χ1v) is 1.81. The highest BCUT2D eigenvalue weighted by Crippen LogP contribution is 1.92. The fraction of sp³-hybridized carbons (Fsp3) is 0. The van der Waals surface area contributed by atoms with Crippen LogP contribution in [0, 0.1) is 0 Å². The summed E-state index contributed by atoms with van der Waals surface area (Å²) in [7, 11) is 0. The summed E-state index contributed by atoms with van der Waals surface area (Å²) >= 11 is 0. The van der Waals surface area contributed by atoms with Crippen molar-refractivity contribution in [3.8, 4) is 0 Å². The van der Waals surface area contributed by atoms with Gasteiger partial charge in [-0.2, -0.15) is 0 Å². The second kappa shape index (κ2) is 1.55. The quantitative estimate of drug-likeness (QED) is 0.411. The number of allylic oxidation sites excluding steroid dienone is 1. The van der Waals surface area contributed by atoms with Crippen LogP contribution in [0.2, 0.25) is 0 Å². The Labute approximate surface area is 40.7 Å². The van der Waals surface area contributed by atoms with Crippen molar-refractivity contribution in [3.63, 3.8) is 0 Å². The number of aliphatic imine (C=N–C) groups is 1. The molecular formula is C4H3N2O. The van der Waals surface area contributed by atoms with Crippen molar-refractivity contribution in [1.29, 1.82) is 0 Å². The van der Waals surface area contributed by atoms with Crippen LogP contribution in [-0.4, -0.2) is 12.6 Å². The van der Waals surface area contributed by atoms with E-state index in [1.165, 1.54) is 12.5 Å². The first-order valence-electron chi connectivity index (χ1n) is 1.81. The standard InChI is InChI=1S/C4H3N2O/c7-2-4-1-5-3-6-4/h1-3H. The molecule has 1 aliphatic rings. The molecule has 0 fully saturated rings. The third kappa shape index (κ3) is 0.652. The normalized spacial score (nSPS) is 15.7. The van der Waals surface area contributed by atoms with Gasteiger partial charge in [-0.05, 0) is 0 Å². The molecule has 0 aromatic carbocycles. The maximum Gasteiger partial charge on any atom is 0.170 e. The zero-order chi connectivity index (χ0) is 5.11. The average molecular weight is 95.1 g/mol. The molecule has 0 aromatic rings. The summed E-state index contributed by atoms with van der Waals surface area (Å²) < 4.78 is 0. The Morgan fingerprint density at radius 1 is 1.71 bits per heavy atom. The molecule has 1 aliphatic heterocycles. The maximum absolute atomic E-state index is 9.77. The van der Waals surface area contributed by atoms with Crippen molar-refractivity contribution >= 4 is 12.6 Å². The molecule has 1 radical (unpaired) electrons. The largest absolute Gasteiger partial charge is 0.296 e. The van der Waals surface area contributed by atoms with E-state index in [1.54, 1.807) is 0 Å². The summed E-state index contributed by atoms with van der Waals surface area (Å²) in [5, 5.41) is 3.55. The smallest absolute Gasteiger partial charge is 0.170 e. The Morgan fingerprint density at radius 2 is 2.57 bits per heavy atom. The zero-order valence-corrected chi connectivity index (χ0v) is 3.53. The van der Waals surface area contributed by atoms with Gasteiger partial charge in [0.25, 0.3) is 0 Å². The van der Waals surface area contributed by atoms with E-state index in [4.69, 9.17) is 0 Å². The van der Waals surface area contributed by atoms with E-state index in [2.05, 4.69) is 10.3 Å². The Balaban J connectivity index is 2.69. The predicted molar refractivity (Wildman–Crippen MR) is 24.8 cm³/mol. The van der Waals surface area contributed by atoms with E-state index >= 15 is 0 Å². The molecule has 0 atom stereocenters. The molecule has 1 heterocycles. The molecular weight excluding hydrogens is 92.1 g/mol. The number of nitrogens with zero attached hydrogens (tertiary/aromatic N) is 2. The highest BCUT2D eigenvalue weighted by molar-refractivity contribution is 5.79. The van der Waals surface area contributed by atoms with Gasteiger partial charge in [-0.15, -0.1) is 0 Å². The Hall–Kier alpha value is -1.12. The number of hydrogen-bond donors (Lipinski definition) is 0. The molecule has 0 N–H and O–H groups in total. The molecule has 0 spiro atoms. The predicted octanol–water partition coefficient (Wildman–Crippen LogP) is -0.327. The Morgan fingerprint density at radius 3 is 2.86 bits per heavy atom. The first kappa shape index (κ1) is 4.05. The van der Waals surface area contributed by atoms with Gasteiger partial charge in [-0.1, -0.05) is 0 Å². The number of carbonyl (C=O) groups excluding carboxylic acids is 1. The molecule has 1 rings (SSSR count). The second-order valence-electron chi connectivity index (χ2n) is 1.07. The van der Waals surface area contributed by atoms with Gasteiger partial charge in [0.1, 0.15) is 12.0 Å². The van der Waals surface area contributed by atoms with Crippen molar-refractivity contribution < 1.29 is 4.79 Å². The van der Waals surface area contributed by atoms with Gasteiger partial charge in [0.05, 0.1) is 6.20 Å². The number of carbonyl (C=O) groups is 1. The molecule has 3 nitrogen and oxygen atoms in total. The fourth-order valence-electron chi connectivity index (χ4n) is 0.304. The van der Waals surface area contributed by atoms with Crippen LogP contribution in [0.1, 0.15) is 0 Å². The third-order valence-electron chi connectivity index (χ3n) is 0.601. The van der Waals surface area contributed by atoms with Gasteiger partial charge >= 0.3 is 0 Å². The lowest BCUT2D eigenvalue weighted by atomic mass is 10.6. The van der Waals surface area contributed by atoms with Crippen molar-refractivity contribution in [1.82, 2.24) is 5.32 Å². The van der Waals surface area contributed by atoms with Crippen molar-refractivity contribution in [2.45, 2.75) is 0 Å². The van der Waals surface area contributed by atoms with Crippen molar-refractivity contribution in [2.24, 2.45) is 4.99 Å². The number of rotatable bonds is 1. The maximum atomic E-state index is 9.77. The summed E-state index contributed by atoms with van der Waals surface area (Å²) in [4.78, 5) is 13.3. The van der Waals surface area contributed by atoms with Crippen LogP contribution in [0.4, 0.5) is 0 Å². The lowest BCUT2D eigenvalue weighted by Gasteiger charge is -1.69. The molecule has 0 saturated heterocycles. The molecule has 0 aliphatic carbocycles. The summed E-state index contributed by atoms with van der Waals surface area (Å²) in [6.07, 6.45) is 3.41. The van der Waals surface area contributed by atoms with Crippen LogP contribution in [0.5, 0.6) is 0 Å². The lowest BCUT2D eigenvalue weighted by Crippen LogP contribution is -1.80. The van der Waals surface area contributed by atoms with Crippen LogP contribution < -0.4 is 5.32 Å². The van der Waals surface area contributed by atoms with Gasteiger partial charge in [0.15, 0.2) is 6.29 Å².